The summed E-state index contributed by atoms with van der Waals surface area (Å²) in [5, 5.41) is 0. The second kappa shape index (κ2) is 9.34. The van der Waals surface area contributed by atoms with Crippen molar-refractivity contribution in [2.45, 2.75) is 39.2 Å². The first kappa shape index (κ1) is 16.5. The molecule has 1 rings (SSSR count). The molecule has 19 heavy (non-hydrogen) atoms. The van der Waals surface area contributed by atoms with E-state index in [0.717, 1.165) is 36.7 Å². The maximum Gasteiger partial charge on any atom is 0.305 e. The Morgan fingerprint density at radius 2 is 2.16 bits per heavy atom. The number of ether oxygens (including phenoxy) is 1. The predicted molar refractivity (Wildman–Crippen MR) is 80.8 cm³/mol. The molecule has 0 fully saturated rings. The largest absolute Gasteiger partial charge is 0.466 e. The second-order valence-corrected chi connectivity index (χ2v) is 6.36. The van der Waals surface area contributed by atoms with E-state index in [1.165, 1.54) is 4.88 Å². The van der Waals surface area contributed by atoms with Gasteiger partial charge in [0.05, 0.1) is 10.9 Å². The summed E-state index contributed by atoms with van der Waals surface area (Å²) in [7, 11) is 2.11. The molecule has 0 aliphatic rings. The lowest BCUT2D eigenvalue weighted by Gasteiger charge is -2.15. The van der Waals surface area contributed by atoms with Crippen LogP contribution in [0.3, 0.4) is 0 Å². The SMILES string of the molecule is CCOC(=O)CCCCCN(C)Cc1ccc(Cl)s1. The van der Waals surface area contributed by atoms with Crippen LogP contribution >= 0.6 is 22.9 Å². The first-order valence-electron chi connectivity index (χ1n) is 6.70. The van der Waals surface area contributed by atoms with Crippen LogP contribution in [0.15, 0.2) is 12.1 Å². The van der Waals surface area contributed by atoms with E-state index in [2.05, 4.69) is 18.0 Å². The third-order valence-corrected chi connectivity index (χ3v) is 4.00. The van der Waals surface area contributed by atoms with Gasteiger partial charge in [0.1, 0.15) is 0 Å². The molecule has 0 N–H and O–H groups in total. The van der Waals surface area contributed by atoms with Crippen LogP contribution in [-0.2, 0) is 16.1 Å². The van der Waals surface area contributed by atoms with Crippen LogP contribution in [0.1, 0.15) is 37.5 Å². The fourth-order valence-corrected chi connectivity index (χ4v) is 3.01. The van der Waals surface area contributed by atoms with Crippen molar-refractivity contribution in [3.05, 3.63) is 21.3 Å². The standard InChI is InChI=1S/C14H22ClNO2S/c1-3-18-14(17)7-5-4-6-10-16(2)11-12-8-9-13(15)19-12/h8-9H,3-7,10-11H2,1-2H3. The Hall–Kier alpha value is -0.580. The average molecular weight is 304 g/mol. The van der Waals surface area contributed by atoms with Crippen molar-refractivity contribution in [2.24, 2.45) is 0 Å². The van der Waals surface area contributed by atoms with Crippen molar-refractivity contribution < 1.29 is 9.53 Å². The lowest BCUT2D eigenvalue weighted by atomic mass is 10.2. The summed E-state index contributed by atoms with van der Waals surface area (Å²) in [6, 6.07) is 4.01. The van der Waals surface area contributed by atoms with Crippen molar-refractivity contribution in [2.75, 3.05) is 20.2 Å². The Morgan fingerprint density at radius 1 is 1.37 bits per heavy atom. The van der Waals surface area contributed by atoms with Crippen LogP contribution in [0.4, 0.5) is 0 Å². The molecule has 3 nitrogen and oxygen atoms in total. The number of esters is 1. The van der Waals surface area contributed by atoms with Crippen molar-refractivity contribution in [1.29, 1.82) is 0 Å². The van der Waals surface area contributed by atoms with E-state index in [1.807, 2.05) is 13.0 Å². The molecule has 0 saturated heterocycles. The van der Waals surface area contributed by atoms with Gasteiger partial charge in [-0.2, -0.15) is 0 Å². The number of thiophene rings is 1. The van der Waals surface area contributed by atoms with Crippen LogP contribution in [0.2, 0.25) is 4.34 Å². The Morgan fingerprint density at radius 3 is 2.79 bits per heavy atom. The van der Waals surface area contributed by atoms with Crippen molar-refractivity contribution in [3.63, 3.8) is 0 Å². The minimum absolute atomic E-state index is 0.0796. The number of hydrogen-bond donors (Lipinski definition) is 0. The number of halogens is 1. The highest BCUT2D eigenvalue weighted by atomic mass is 35.5. The third-order valence-electron chi connectivity index (χ3n) is 2.78. The summed E-state index contributed by atoms with van der Waals surface area (Å²) < 4.78 is 5.74. The molecule has 0 radical (unpaired) electrons. The molecule has 0 saturated carbocycles. The average Bonchev–Trinajstić information content (AvgIpc) is 2.74. The number of rotatable bonds is 9. The highest BCUT2D eigenvalue weighted by Crippen LogP contribution is 2.22. The van der Waals surface area contributed by atoms with Crippen LogP contribution < -0.4 is 0 Å². The van der Waals surface area contributed by atoms with Gasteiger partial charge in [-0.1, -0.05) is 18.0 Å². The molecule has 0 spiro atoms. The molecule has 0 aliphatic heterocycles. The molecule has 0 bridgehead atoms. The van der Waals surface area contributed by atoms with Crippen LogP contribution in [0.5, 0.6) is 0 Å². The molecular weight excluding hydrogens is 282 g/mol. The summed E-state index contributed by atoms with van der Waals surface area (Å²) in [6.07, 6.45) is 3.62. The van der Waals surface area contributed by atoms with E-state index in [4.69, 9.17) is 16.3 Å². The lowest BCUT2D eigenvalue weighted by Crippen LogP contribution is -2.18. The van der Waals surface area contributed by atoms with Gasteiger partial charge in [-0.25, -0.2) is 0 Å². The van der Waals surface area contributed by atoms with E-state index in [-0.39, 0.29) is 5.97 Å². The molecule has 1 heterocycles. The van der Waals surface area contributed by atoms with E-state index in [1.54, 1.807) is 11.3 Å². The normalized spacial score (nSPS) is 10.9. The fraction of sp³-hybridized carbons (Fsp3) is 0.643. The number of unbranched alkanes of at least 4 members (excludes halogenated alkanes) is 2. The fourth-order valence-electron chi connectivity index (χ4n) is 1.84. The predicted octanol–water partition coefficient (Wildman–Crippen LogP) is 3.96. The first-order chi connectivity index (χ1) is 9.11. The maximum absolute atomic E-state index is 11.1. The molecule has 1 aromatic heterocycles. The summed E-state index contributed by atoms with van der Waals surface area (Å²) in [5.74, 6) is -0.0796. The van der Waals surface area contributed by atoms with E-state index >= 15 is 0 Å². The molecule has 0 unspecified atom stereocenters. The minimum Gasteiger partial charge on any atom is -0.466 e. The third kappa shape index (κ3) is 7.55. The van der Waals surface area contributed by atoms with Crippen LogP contribution in [0.25, 0.3) is 0 Å². The van der Waals surface area contributed by atoms with Crippen molar-refractivity contribution in [1.82, 2.24) is 4.90 Å². The first-order valence-corrected chi connectivity index (χ1v) is 7.89. The van der Waals surface area contributed by atoms with Crippen molar-refractivity contribution in [3.8, 4) is 0 Å². The summed E-state index contributed by atoms with van der Waals surface area (Å²) >= 11 is 7.53. The molecule has 5 heteroatoms. The van der Waals surface area contributed by atoms with Crippen LogP contribution in [0, 0.1) is 0 Å². The lowest BCUT2D eigenvalue weighted by molar-refractivity contribution is -0.143. The monoisotopic (exact) mass is 303 g/mol. The summed E-state index contributed by atoms with van der Waals surface area (Å²) in [6.45, 7) is 4.29. The number of hydrogen-bond acceptors (Lipinski definition) is 4. The zero-order chi connectivity index (χ0) is 14.1. The zero-order valence-corrected chi connectivity index (χ0v) is 13.2. The smallest absolute Gasteiger partial charge is 0.305 e. The topological polar surface area (TPSA) is 29.5 Å². The van der Waals surface area contributed by atoms with Gasteiger partial charge in [-0.05, 0) is 45.5 Å². The van der Waals surface area contributed by atoms with E-state index < -0.39 is 0 Å². The Kier molecular flexibility index (Phi) is 8.10. The number of nitrogens with zero attached hydrogens (tertiary/aromatic N) is 1. The van der Waals surface area contributed by atoms with Gasteiger partial charge in [0.25, 0.3) is 0 Å². The van der Waals surface area contributed by atoms with Gasteiger partial charge in [0.15, 0.2) is 0 Å². The molecular formula is C14H22ClNO2S. The van der Waals surface area contributed by atoms with Crippen LogP contribution in [-0.4, -0.2) is 31.1 Å². The minimum atomic E-state index is -0.0796. The second-order valence-electron chi connectivity index (χ2n) is 4.56. The van der Waals surface area contributed by atoms with E-state index in [9.17, 15) is 4.79 Å². The summed E-state index contributed by atoms with van der Waals surface area (Å²) in [4.78, 5) is 14.7. The van der Waals surface area contributed by atoms with Gasteiger partial charge in [-0.3, -0.25) is 4.79 Å². The molecule has 0 amide bonds. The van der Waals surface area contributed by atoms with Gasteiger partial charge < -0.3 is 9.64 Å². The maximum atomic E-state index is 11.1. The Bertz CT molecular complexity index is 381. The van der Waals surface area contributed by atoms with Gasteiger partial charge >= 0.3 is 5.97 Å². The zero-order valence-electron chi connectivity index (χ0n) is 11.7. The highest BCUT2D eigenvalue weighted by molar-refractivity contribution is 7.16. The molecule has 1 aromatic rings. The quantitative estimate of drug-likeness (QED) is 0.511. The van der Waals surface area contributed by atoms with Gasteiger partial charge in [-0.15, -0.1) is 11.3 Å². The molecule has 0 aromatic carbocycles. The molecule has 0 aliphatic carbocycles. The molecule has 108 valence electrons. The molecule has 0 atom stereocenters. The van der Waals surface area contributed by atoms with Gasteiger partial charge in [0, 0.05) is 17.8 Å². The Balaban J connectivity index is 2.04. The number of carbonyl (C=O) groups is 1. The number of carbonyl (C=O) groups excluding carboxylic acids is 1. The summed E-state index contributed by atoms with van der Waals surface area (Å²) in [5.41, 5.74) is 0. The Labute approximate surface area is 124 Å². The van der Waals surface area contributed by atoms with Gasteiger partial charge in [0.2, 0.25) is 0 Å². The van der Waals surface area contributed by atoms with E-state index in [0.29, 0.717) is 13.0 Å². The highest BCUT2D eigenvalue weighted by Gasteiger charge is 2.04. The van der Waals surface area contributed by atoms with Crippen molar-refractivity contribution >= 4 is 28.9 Å².